The first-order valence-corrected chi connectivity index (χ1v) is 13.7. The number of alkyl carbamates (subject to hydrolysis) is 1. The number of hydrogen-bond acceptors (Lipinski definition) is 6. The van der Waals surface area contributed by atoms with E-state index in [1.54, 1.807) is 6.20 Å². The number of carbonyl (C=O) groups excluding carboxylic acids is 2. The van der Waals surface area contributed by atoms with Gasteiger partial charge in [0.05, 0.1) is 16.9 Å². The van der Waals surface area contributed by atoms with Gasteiger partial charge in [-0.05, 0) is 65.4 Å². The van der Waals surface area contributed by atoms with Crippen molar-refractivity contribution in [3.63, 3.8) is 0 Å². The average Bonchev–Trinajstić information content (AvgIpc) is 3.25. The molecule has 2 saturated carbocycles. The highest BCUT2D eigenvalue weighted by Gasteiger charge is 2.37. The average molecular weight is 539 g/mol. The van der Waals surface area contributed by atoms with Crippen LogP contribution >= 0.6 is 11.6 Å². The summed E-state index contributed by atoms with van der Waals surface area (Å²) in [5.41, 5.74) is 2.10. The van der Waals surface area contributed by atoms with Crippen molar-refractivity contribution in [3.05, 3.63) is 41.7 Å². The van der Waals surface area contributed by atoms with Gasteiger partial charge in [0.25, 0.3) is 0 Å². The number of H-pyrrole nitrogens is 1. The molecular weight excluding hydrogens is 504 g/mol. The number of hydrogen-bond donors (Lipinski definition) is 4. The van der Waals surface area contributed by atoms with Crippen LogP contribution in [0.1, 0.15) is 59.3 Å². The van der Waals surface area contributed by atoms with Crippen molar-refractivity contribution in [1.29, 1.82) is 0 Å². The van der Waals surface area contributed by atoms with E-state index < -0.39 is 11.7 Å². The molecule has 0 saturated heterocycles. The molecule has 38 heavy (non-hydrogen) atoms. The predicted molar refractivity (Wildman–Crippen MR) is 148 cm³/mol. The lowest BCUT2D eigenvalue weighted by Gasteiger charge is -2.37. The van der Waals surface area contributed by atoms with Crippen molar-refractivity contribution >= 4 is 40.5 Å². The Kier molecular flexibility index (Phi) is 7.47. The SMILES string of the molecule is CC(C)(C)OC(=O)N[C@H]1C[C@@H](C(=O)N[C@H]2CCC[C@@H](Nc3ncc(Cl)c(-c4c[nH]c5ccccc45)n3)C2)C1. The molecule has 2 amide bonds. The van der Waals surface area contributed by atoms with Crippen molar-refractivity contribution in [2.24, 2.45) is 5.92 Å². The Hall–Kier alpha value is -3.33. The van der Waals surface area contributed by atoms with Gasteiger partial charge in [-0.15, -0.1) is 0 Å². The molecule has 0 bridgehead atoms. The topological polar surface area (TPSA) is 121 Å². The first-order valence-electron chi connectivity index (χ1n) is 13.3. The maximum atomic E-state index is 12.8. The van der Waals surface area contributed by atoms with Gasteiger partial charge >= 0.3 is 6.09 Å². The fourth-order valence-corrected chi connectivity index (χ4v) is 5.46. The van der Waals surface area contributed by atoms with Gasteiger partial charge in [-0.25, -0.2) is 14.8 Å². The smallest absolute Gasteiger partial charge is 0.407 e. The Bertz CT molecular complexity index is 1310. The number of amides is 2. The molecule has 0 aliphatic heterocycles. The summed E-state index contributed by atoms with van der Waals surface area (Å²) in [7, 11) is 0. The Morgan fingerprint density at radius 2 is 1.82 bits per heavy atom. The summed E-state index contributed by atoms with van der Waals surface area (Å²) in [6, 6.07) is 8.26. The van der Waals surface area contributed by atoms with E-state index in [1.807, 2.05) is 51.2 Å². The molecule has 4 N–H and O–H groups in total. The van der Waals surface area contributed by atoms with Gasteiger partial charge in [-0.2, -0.15) is 0 Å². The van der Waals surface area contributed by atoms with E-state index in [-0.39, 0.29) is 30.0 Å². The van der Waals surface area contributed by atoms with Crippen LogP contribution in [-0.2, 0) is 9.53 Å². The molecule has 0 unspecified atom stereocenters. The van der Waals surface area contributed by atoms with Crippen LogP contribution in [0.5, 0.6) is 0 Å². The number of carbonyl (C=O) groups is 2. The van der Waals surface area contributed by atoms with E-state index in [2.05, 4.69) is 25.9 Å². The van der Waals surface area contributed by atoms with Crippen LogP contribution in [0.2, 0.25) is 5.02 Å². The standard InChI is InChI=1S/C28H35ClN6O3/c1-28(2,3)38-27(37)34-19-11-16(12-19)25(36)32-17-7-6-8-18(13-17)33-26-31-15-22(29)24(35-26)21-14-30-23-10-5-4-9-20(21)23/h4-5,9-10,14-19,30H,6-8,11-13H2,1-3H3,(H,32,36)(H,34,37)(H,31,33,35)/t16-,17-,18+,19+/m0/s1. The van der Waals surface area contributed by atoms with Gasteiger partial charge in [0.1, 0.15) is 5.60 Å². The Morgan fingerprint density at radius 3 is 2.61 bits per heavy atom. The number of nitrogens with one attached hydrogen (secondary N) is 4. The lowest BCUT2D eigenvalue weighted by atomic mass is 9.79. The van der Waals surface area contributed by atoms with Crippen molar-refractivity contribution < 1.29 is 14.3 Å². The fraction of sp³-hybridized carbons (Fsp3) is 0.500. The molecule has 2 aliphatic carbocycles. The zero-order chi connectivity index (χ0) is 26.9. The largest absolute Gasteiger partial charge is 0.444 e. The predicted octanol–water partition coefficient (Wildman–Crippen LogP) is 5.42. The van der Waals surface area contributed by atoms with Gasteiger partial charge < -0.3 is 25.7 Å². The van der Waals surface area contributed by atoms with Crippen molar-refractivity contribution in [3.8, 4) is 11.3 Å². The molecule has 2 aliphatic rings. The zero-order valence-corrected chi connectivity index (χ0v) is 22.8. The molecule has 2 fully saturated rings. The maximum absolute atomic E-state index is 12.8. The molecule has 10 heteroatoms. The highest BCUT2D eigenvalue weighted by Crippen LogP contribution is 2.33. The first-order chi connectivity index (χ1) is 18.1. The molecular formula is C28H35ClN6O3. The van der Waals surface area contributed by atoms with Crippen LogP contribution < -0.4 is 16.0 Å². The lowest BCUT2D eigenvalue weighted by molar-refractivity contribution is -0.129. The Balaban J connectivity index is 1.14. The van der Waals surface area contributed by atoms with Gasteiger partial charge in [0.2, 0.25) is 11.9 Å². The maximum Gasteiger partial charge on any atom is 0.407 e. The van der Waals surface area contributed by atoms with Crippen molar-refractivity contribution in [2.45, 2.75) is 83.0 Å². The zero-order valence-electron chi connectivity index (χ0n) is 22.0. The molecule has 1 aromatic carbocycles. The molecule has 2 heterocycles. The molecule has 202 valence electrons. The minimum absolute atomic E-state index is 0.0187. The second-order valence-electron chi connectivity index (χ2n) is 11.4. The van der Waals surface area contributed by atoms with Gasteiger partial charge in [0.15, 0.2) is 0 Å². The van der Waals surface area contributed by atoms with Crippen LogP contribution in [0.25, 0.3) is 22.2 Å². The van der Waals surface area contributed by atoms with E-state index in [4.69, 9.17) is 21.3 Å². The van der Waals surface area contributed by atoms with E-state index >= 15 is 0 Å². The number of benzene rings is 1. The molecule has 3 aromatic rings. The van der Waals surface area contributed by atoms with Crippen LogP contribution in [0.15, 0.2) is 36.7 Å². The van der Waals surface area contributed by atoms with Crippen LogP contribution in [0, 0.1) is 5.92 Å². The van der Waals surface area contributed by atoms with Crippen molar-refractivity contribution in [2.75, 3.05) is 5.32 Å². The highest BCUT2D eigenvalue weighted by atomic mass is 35.5. The number of nitrogens with zero attached hydrogens (tertiary/aromatic N) is 2. The fourth-order valence-electron chi connectivity index (χ4n) is 5.27. The number of halogens is 1. The lowest BCUT2D eigenvalue weighted by Crippen LogP contribution is -2.52. The van der Waals surface area contributed by atoms with Gasteiger partial charge in [0, 0.05) is 46.7 Å². The van der Waals surface area contributed by atoms with Crippen LogP contribution in [0.4, 0.5) is 10.7 Å². The summed E-state index contributed by atoms with van der Waals surface area (Å²) in [5, 5.41) is 11.1. The summed E-state index contributed by atoms with van der Waals surface area (Å²) < 4.78 is 5.30. The monoisotopic (exact) mass is 538 g/mol. The van der Waals surface area contributed by atoms with E-state index in [1.165, 1.54) is 0 Å². The molecule has 2 atom stereocenters. The summed E-state index contributed by atoms with van der Waals surface area (Å²) >= 11 is 6.48. The molecule has 9 nitrogen and oxygen atoms in total. The van der Waals surface area contributed by atoms with Crippen LogP contribution in [0.3, 0.4) is 0 Å². The third-order valence-corrected chi connectivity index (χ3v) is 7.45. The molecule has 2 aromatic heterocycles. The first kappa shape index (κ1) is 26.3. The number of anilines is 1. The van der Waals surface area contributed by atoms with Gasteiger partial charge in [-0.3, -0.25) is 4.79 Å². The highest BCUT2D eigenvalue weighted by molar-refractivity contribution is 6.33. The number of aromatic nitrogens is 3. The number of aromatic amines is 1. The van der Waals surface area contributed by atoms with Crippen molar-refractivity contribution in [1.82, 2.24) is 25.6 Å². The Morgan fingerprint density at radius 1 is 1.05 bits per heavy atom. The van der Waals surface area contributed by atoms with Gasteiger partial charge in [-0.1, -0.05) is 29.8 Å². The third-order valence-electron chi connectivity index (χ3n) is 7.17. The third kappa shape index (κ3) is 6.20. The second kappa shape index (κ2) is 10.8. The number of ether oxygens (including phenoxy) is 1. The summed E-state index contributed by atoms with van der Waals surface area (Å²) in [4.78, 5) is 37.2. The minimum atomic E-state index is -0.537. The molecule has 0 radical (unpaired) electrons. The molecule has 0 spiro atoms. The number of rotatable bonds is 6. The van der Waals surface area contributed by atoms with E-state index in [9.17, 15) is 9.59 Å². The number of fused-ring (bicyclic) bond motifs is 1. The van der Waals surface area contributed by atoms with Crippen LogP contribution in [-0.4, -0.2) is 50.7 Å². The minimum Gasteiger partial charge on any atom is -0.444 e. The Labute approximate surface area is 227 Å². The normalized spacial score (nSPS) is 23.4. The summed E-state index contributed by atoms with van der Waals surface area (Å²) in [5.74, 6) is 0.505. The number of para-hydroxylation sites is 1. The van der Waals surface area contributed by atoms with E-state index in [0.29, 0.717) is 29.5 Å². The summed E-state index contributed by atoms with van der Waals surface area (Å²) in [6.45, 7) is 5.49. The molecule has 5 rings (SSSR count). The quantitative estimate of drug-likeness (QED) is 0.332. The second-order valence-corrected chi connectivity index (χ2v) is 11.8. The summed E-state index contributed by atoms with van der Waals surface area (Å²) in [6.07, 6.45) is 8.11. The van der Waals surface area contributed by atoms with E-state index in [0.717, 1.165) is 42.1 Å².